The topological polar surface area (TPSA) is 76.2 Å². The molecule has 0 aromatic heterocycles. The molecule has 1 aliphatic rings. The molecule has 2 atom stereocenters. The van der Waals surface area contributed by atoms with E-state index < -0.39 is 23.3 Å². The summed E-state index contributed by atoms with van der Waals surface area (Å²) in [5.74, 6) is -0.365. The van der Waals surface area contributed by atoms with Crippen LogP contribution >= 0.6 is 11.6 Å². The Balaban J connectivity index is 2.29. The maximum atomic E-state index is 13.4. The number of amides is 2. The lowest BCUT2D eigenvalue weighted by Gasteiger charge is -2.29. The number of nitrogens with zero attached hydrogens (tertiary/aromatic N) is 2. The molecule has 1 saturated heterocycles. The van der Waals surface area contributed by atoms with Crippen molar-refractivity contribution in [1.82, 2.24) is 9.96 Å². The van der Waals surface area contributed by atoms with Crippen LogP contribution in [0.4, 0.5) is 4.79 Å². The first kappa shape index (κ1) is 25.1. The van der Waals surface area contributed by atoms with E-state index in [4.69, 9.17) is 21.2 Å². The van der Waals surface area contributed by atoms with Crippen LogP contribution in [0.1, 0.15) is 63.9 Å². The lowest BCUT2D eigenvalue weighted by atomic mass is 9.95. The SMILES string of the molecule is Cc1c(Cl)[c]ccc1C(=O)[C@H]1CC(CN(C=O)OC(C)(C)C)CN1C(=O)OC(C)(C)C. The summed E-state index contributed by atoms with van der Waals surface area (Å²) in [5.41, 5.74) is -0.185. The van der Waals surface area contributed by atoms with Crippen LogP contribution in [0.15, 0.2) is 12.1 Å². The Bertz CT molecular complexity index is 828. The summed E-state index contributed by atoms with van der Waals surface area (Å²) < 4.78 is 5.54. The van der Waals surface area contributed by atoms with E-state index in [0.29, 0.717) is 29.0 Å². The summed E-state index contributed by atoms with van der Waals surface area (Å²) in [6.45, 7) is 13.1. The Morgan fingerprint density at radius 3 is 2.45 bits per heavy atom. The number of hydrogen-bond donors (Lipinski definition) is 0. The van der Waals surface area contributed by atoms with Crippen molar-refractivity contribution in [3.8, 4) is 0 Å². The maximum Gasteiger partial charge on any atom is 0.410 e. The Labute approximate surface area is 189 Å². The number of benzene rings is 1. The van der Waals surface area contributed by atoms with Gasteiger partial charge in [-0.2, -0.15) is 0 Å². The number of rotatable bonds is 6. The number of Topliss-reactive ketones (excluding diaryl/α,β-unsaturated/α-hetero) is 1. The van der Waals surface area contributed by atoms with E-state index >= 15 is 0 Å². The molecule has 1 aromatic rings. The molecule has 0 bridgehead atoms. The van der Waals surface area contributed by atoms with Gasteiger partial charge in [-0.3, -0.25) is 19.3 Å². The number of likely N-dealkylation sites (tertiary alicyclic amines) is 1. The van der Waals surface area contributed by atoms with Crippen molar-refractivity contribution in [3.63, 3.8) is 0 Å². The Morgan fingerprint density at radius 1 is 1.26 bits per heavy atom. The van der Waals surface area contributed by atoms with Crippen LogP contribution in [0, 0.1) is 18.9 Å². The molecular formula is C23H32ClN2O5. The molecule has 2 amide bonds. The number of carbonyl (C=O) groups is 3. The van der Waals surface area contributed by atoms with Crippen molar-refractivity contribution >= 4 is 29.9 Å². The highest BCUT2D eigenvalue weighted by molar-refractivity contribution is 6.31. The molecule has 1 unspecified atom stereocenters. The van der Waals surface area contributed by atoms with E-state index in [-0.39, 0.29) is 24.8 Å². The van der Waals surface area contributed by atoms with Crippen molar-refractivity contribution in [1.29, 1.82) is 0 Å². The van der Waals surface area contributed by atoms with Crippen molar-refractivity contribution < 1.29 is 24.0 Å². The monoisotopic (exact) mass is 451 g/mol. The fourth-order valence-corrected chi connectivity index (χ4v) is 3.70. The molecule has 2 rings (SSSR count). The number of ether oxygens (including phenoxy) is 1. The molecule has 1 aromatic carbocycles. The van der Waals surface area contributed by atoms with Crippen LogP contribution in [0.25, 0.3) is 0 Å². The van der Waals surface area contributed by atoms with Gasteiger partial charge < -0.3 is 4.74 Å². The first-order valence-electron chi connectivity index (χ1n) is 10.3. The van der Waals surface area contributed by atoms with E-state index in [2.05, 4.69) is 6.07 Å². The Kier molecular flexibility index (Phi) is 7.76. The van der Waals surface area contributed by atoms with E-state index in [0.717, 1.165) is 0 Å². The zero-order valence-corrected chi connectivity index (χ0v) is 20.1. The molecule has 0 N–H and O–H groups in total. The number of hydrogen-bond acceptors (Lipinski definition) is 5. The summed E-state index contributed by atoms with van der Waals surface area (Å²) in [7, 11) is 0. The van der Waals surface area contributed by atoms with Gasteiger partial charge >= 0.3 is 6.09 Å². The predicted molar refractivity (Wildman–Crippen MR) is 118 cm³/mol. The van der Waals surface area contributed by atoms with Crippen LogP contribution < -0.4 is 0 Å². The van der Waals surface area contributed by atoms with Gasteiger partial charge in [0.15, 0.2) is 5.78 Å². The highest BCUT2D eigenvalue weighted by atomic mass is 35.5. The van der Waals surface area contributed by atoms with Crippen molar-refractivity contribution in [3.05, 3.63) is 34.3 Å². The van der Waals surface area contributed by atoms with Crippen LogP contribution in [-0.2, 0) is 14.4 Å². The van der Waals surface area contributed by atoms with Gasteiger partial charge in [0.05, 0.1) is 23.2 Å². The van der Waals surface area contributed by atoms with E-state index in [9.17, 15) is 14.4 Å². The Hall–Kier alpha value is -2.12. The van der Waals surface area contributed by atoms with Crippen LogP contribution in [0.5, 0.6) is 0 Å². The van der Waals surface area contributed by atoms with Gasteiger partial charge in [-0.1, -0.05) is 23.7 Å². The normalized spacial score (nSPS) is 19.3. The third-order valence-corrected chi connectivity index (χ3v) is 5.12. The number of carbonyl (C=O) groups excluding carboxylic acids is 3. The average molecular weight is 452 g/mol. The van der Waals surface area contributed by atoms with Gasteiger partial charge in [0.2, 0.25) is 6.41 Å². The standard InChI is InChI=1S/C23H32ClN2O5/c1-15-17(9-8-10-18(15)24)20(28)19-11-16(12-25(14-27)31-23(5,6)7)13-26(19)21(29)30-22(2,3)4/h8-9,14,16,19H,11-13H2,1-7H3/t16?,19-/m1/s1. The van der Waals surface area contributed by atoms with Crippen molar-refractivity contribution in [2.45, 2.75) is 72.1 Å². The molecule has 8 heteroatoms. The molecule has 7 nitrogen and oxygen atoms in total. The van der Waals surface area contributed by atoms with Crippen LogP contribution in [0.3, 0.4) is 0 Å². The maximum absolute atomic E-state index is 13.4. The number of hydroxylamine groups is 2. The van der Waals surface area contributed by atoms with Crippen LogP contribution in [0.2, 0.25) is 5.02 Å². The largest absolute Gasteiger partial charge is 0.444 e. The minimum Gasteiger partial charge on any atom is -0.444 e. The average Bonchev–Trinajstić information content (AvgIpc) is 3.04. The molecule has 31 heavy (non-hydrogen) atoms. The minimum absolute atomic E-state index is 0.153. The van der Waals surface area contributed by atoms with Crippen molar-refractivity contribution in [2.75, 3.05) is 13.1 Å². The smallest absolute Gasteiger partial charge is 0.410 e. The molecule has 1 fully saturated rings. The van der Waals surface area contributed by atoms with Gasteiger partial charge in [0.1, 0.15) is 5.60 Å². The molecule has 1 heterocycles. The van der Waals surface area contributed by atoms with Crippen LogP contribution in [-0.4, -0.2) is 58.6 Å². The molecule has 171 valence electrons. The second-order valence-corrected chi connectivity index (χ2v) is 10.2. The first-order chi connectivity index (χ1) is 14.2. The lowest BCUT2D eigenvalue weighted by Crippen LogP contribution is -2.43. The Morgan fingerprint density at radius 2 is 1.90 bits per heavy atom. The molecule has 0 spiro atoms. The summed E-state index contributed by atoms with van der Waals surface area (Å²) in [6, 6.07) is 5.39. The highest BCUT2D eigenvalue weighted by Crippen LogP contribution is 2.31. The molecule has 1 radical (unpaired) electrons. The fourth-order valence-electron chi connectivity index (χ4n) is 3.53. The molecule has 0 aliphatic carbocycles. The molecule has 0 saturated carbocycles. The summed E-state index contributed by atoms with van der Waals surface area (Å²) >= 11 is 6.15. The summed E-state index contributed by atoms with van der Waals surface area (Å²) in [4.78, 5) is 44.9. The van der Waals surface area contributed by atoms with Crippen molar-refractivity contribution in [2.24, 2.45) is 5.92 Å². The zero-order valence-electron chi connectivity index (χ0n) is 19.3. The first-order valence-corrected chi connectivity index (χ1v) is 10.7. The quantitative estimate of drug-likeness (QED) is 0.363. The second kappa shape index (κ2) is 9.57. The van der Waals surface area contributed by atoms with Gasteiger partial charge in [-0.05, 0) is 66.4 Å². The predicted octanol–water partition coefficient (Wildman–Crippen LogP) is 4.45. The van der Waals surface area contributed by atoms with Gasteiger partial charge in [0, 0.05) is 18.2 Å². The van der Waals surface area contributed by atoms with E-state index in [1.165, 1.54) is 9.96 Å². The van der Waals surface area contributed by atoms with Gasteiger partial charge in [-0.25, -0.2) is 9.86 Å². The fraction of sp³-hybridized carbons (Fsp3) is 0.609. The third-order valence-electron chi connectivity index (χ3n) is 4.72. The highest BCUT2D eigenvalue weighted by Gasteiger charge is 2.42. The van der Waals surface area contributed by atoms with Gasteiger partial charge in [-0.15, -0.1) is 0 Å². The molecular weight excluding hydrogens is 420 g/mol. The summed E-state index contributed by atoms with van der Waals surface area (Å²) in [5, 5.41) is 1.60. The minimum atomic E-state index is -0.722. The summed E-state index contributed by atoms with van der Waals surface area (Å²) in [6.07, 6.45) is 0.440. The number of halogens is 1. The lowest BCUT2D eigenvalue weighted by molar-refractivity contribution is -0.219. The number of ketones is 1. The zero-order chi connectivity index (χ0) is 23.6. The van der Waals surface area contributed by atoms with E-state index in [1.807, 2.05) is 20.8 Å². The third kappa shape index (κ3) is 6.94. The van der Waals surface area contributed by atoms with Gasteiger partial charge in [0.25, 0.3) is 0 Å². The second-order valence-electron chi connectivity index (χ2n) is 9.85. The van der Waals surface area contributed by atoms with E-state index in [1.54, 1.807) is 39.8 Å². The molecule has 1 aliphatic heterocycles.